The third-order valence-electron chi connectivity index (χ3n) is 6.72. The largest absolute Gasteiger partial charge is 0.497 e. The molecule has 1 N–H and O–H groups in total. The minimum Gasteiger partial charge on any atom is -0.497 e. The van der Waals surface area contributed by atoms with Crippen LogP contribution in [0.25, 0.3) is 0 Å². The van der Waals surface area contributed by atoms with Crippen LogP contribution in [0.15, 0.2) is 42.5 Å². The molecule has 1 saturated heterocycles. The maximum absolute atomic E-state index is 13.4. The Morgan fingerprint density at radius 3 is 2.70 bits per heavy atom. The average molecular weight is 410 g/mol. The first-order valence-corrected chi connectivity index (χ1v) is 10.8. The molecule has 30 heavy (non-hydrogen) atoms. The molecule has 5 rings (SSSR count). The van der Waals surface area contributed by atoms with Gasteiger partial charge in [-0.2, -0.15) is 0 Å². The van der Waals surface area contributed by atoms with Gasteiger partial charge in [0, 0.05) is 43.6 Å². The van der Waals surface area contributed by atoms with Crippen LogP contribution < -0.4 is 19.9 Å². The zero-order valence-corrected chi connectivity index (χ0v) is 17.3. The molecule has 2 heterocycles. The monoisotopic (exact) mass is 409 g/mol. The molecule has 1 amide bonds. The molecule has 0 unspecified atom stereocenters. The molecule has 5 nitrogen and oxygen atoms in total. The van der Waals surface area contributed by atoms with E-state index in [9.17, 15) is 9.18 Å². The van der Waals surface area contributed by atoms with E-state index in [1.807, 2.05) is 18.2 Å². The number of amides is 1. The molecule has 0 aromatic heterocycles. The maximum atomic E-state index is 13.4. The van der Waals surface area contributed by atoms with Crippen LogP contribution in [0.3, 0.4) is 0 Å². The minimum absolute atomic E-state index is 0.0719. The predicted molar refractivity (Wildman–Crippen MR) is 116 cm³/mol. The van der Waals surface area contributed by atoms with E-state index >= 15 is 0 Å². The maximum Gasteiger partial charge on any atom is 0.225 e. The lowest BCUT2D eigenvalue weighted by molar-refractivity contribution is -0.125. The number of fused-ring (bicyclic) bond motifs is 3. The highest BCUT2D eigenvalue weighted by atomic mass is 19.1. The first-order chi connectivity index (χ1) is 14.6. The molecular formula is C24H28FN3O2. The highest BCUT2D eigenvalue weighted by Crippen LogP contribution is 2.39. The van der Waals surface area contributed by atoms with Gasteiger partial charge < -0.3 is 19.9 Å². The molecule has 0 radical (unpaired) electrons. The molecular weight excluding hydrogens is 381 g/mol. The number of ether oxygens (including phenoxy) is 1. The Bertz CT molecular complexity index is 929. The van der Waals surface area contributed by atoms with E-state index in [-0.39, 0.29) is 23.7 Å². The molecule has 2 aromatic carbocycles. The fraction of sp³-hybridized carbons (Fsp3) is 0.458. The lowest BCUT2D eigenvalue weighted by Gasteiger charge is -2.49. The minimum atomic E-state index is -0.228. The number of hydrogen-bond acceptors (Lipinski definition) is 4. The highest BCUT2D eigenvalue weighted by Gasteiger charge is 2.42. The zero-order chi connectivity index (χ0) is 20.7. The van der Waals surface area contributed by atoms with Gasteiger partial charge in [-0.3, -0.25) is 4.79 Å². The van der Waals surface area contributed by atoms with Crippen molar-refractivity contribution in [1.29, 1.82) is 0 Å². The summed E-state index contributed by atoms with van der Waals surface area (Å²) in [5.74, 6) is 1.32. The highest BCUT2D eigenvalue weighted by molar-refractivity contribution is 5.82. The van der Waals surface area contributed by atoms with Crippen LogP contribution in [0.5, 0.6) is 5.75 Å². The molecule has 2 atom stereocenters. The molecule has 2 aromatic rings. The molecule has 0 spiro atoms. The summed E-state index contributed by atoms with van der Waals surface area (Å²) in [4.78, 5) is 17.8. The quantitative estimate of drug-likeness (QED) is 0.824. The van der Waals surface area contributed by atoms with Crippen molar-refractivity contribution in [3.63, 3.8) is 0 Å². The zero-order valence-electron chi connectivity index (χ0n) is 17.3. The van der Waals surface area contributed by atoms with Crippen molar-refractivity contribution >= 4 is 17.3 Å². The van der Waals surface area contributed by atoms with Crippen LogP contribution in [-0.2, 0) is 11.2 Å². The van der Waals surface area contributed by atoms with Gasteiger partial charge >= 0.3 is 0 Å². The fourth-order valence-corrected chi connectivity index (χ4v) is 4.79. The van der Waals surface area contributed by atoms with Gasteiger partial charge in [-0.25, -0.2) is 4.39 Å². The number of anilines is 2. The number of benzene rings is 2. The number of piperazine rings is 1. The van der Waals surface area contributed by atoms with Crippen LogP contribution >= 0.6 is 0 Å². The molecule has 158 valence electrons. The molecule has 6 heteroatoms. The molecule has 2 fully saturated rings. The second kappa shape index (κ2) is 7.82. The Labute approximate surface area is 176 Å². The van der Waals surface area contributed by atoms with Gasteiger partial charge in [0.2, 0.25) is 5.91 Å². The van der Waals surface area contributed by atoms with Crippen LogP contribution in [0, 0.1) is 17.7 Å². The van der Waals surface area contributed by atoms with Crippen molar-refractivity contribution in [2.75, 3.05) is 43.1 Å². The van der Waals surface area contributed by atoms with E-state index < -0.39 is 0 Å². The van der Waals surface area contributed by atoms with Crippen molar-refractivity contribution in [3.8, 4) is 5.75 Å². The summed E-state index contributed by atoms with van der Waals surface area (Å²) in [6.07, 6.45) is 3.18. The summed E-state index contributed by atoms with van der Waals surface area (Å²) >= 11 is 0. The molecule has 3 aliphatic rings. The summed E-state index contributed by atoms with van der Waals surface area (Å²) < 4.78 is 18.8. The van der Waals surface area contributed by atoms with Gasteiger partial charge in [0.1, 0.15) is 11.6 Å². The van der Waals surface area contributed by atoms with Gasteiger partial charge in [0.05, 0.1) is 19.1 Å². The Balaban J connectivity index is 1.43. The SMILES string of the molecule is COc1ccc2c(c1)N1CCN(c3ccc(F)cc3)C[C@H]1[C@@H](C(=O)NCC1CC1)C2. The van der Waals surface area contributed by atoms with Crippen molar-refractivity contribution in [2.45, 2.75) is 25.3 Å². The van der Waals surface area contributed by atoms with Crippen molar-refractivity contribution in [2.24, 2.45) is 11.8 Å². The van der Waals surface area contributed by atoms with E-state index in [2.05, 4.69) is 27.2 Å². The smallest absolute Gasteiger partial charge is 0.225 e. The Kier molecular flexibility index (Phi) is 5.01. The lowest BCUT2D eigenvalue weighted by Crippen LogP contribution is -2.61. The summed E-state index contributed by atoms with van der Waals surface area (Å²) in [6, 6.07) is 12.9. The number of nitrogens with zero attached hydrogens (tertiary/aromatic N) is 2. The molecule has 2 aliphatic heterocycles. The lowest BCUT2D eigenvalue weighted by atomic mass is 9.83. The summed E-state index contributed by atoms with van der Waals surface area (Å²) in [7, 11) is 1.68. The number of hydrogen-bond donors (Lipinski definition) is 1. The van der Waals surface area contributed by atoms with Gasteiger partial charge in [0.25, 0.3) is 0 Å². The van der Waals surface area contributed by atoms with E-state index in [0.717, 1.165) is 44.0 Å². The van der Waals surface area contributed by atoms with Gasteiger partial charge in [-0.05, 0) is 61.1 Å². The van der Waals surface area contributed by atoms with E-state index in [4.69, 9.17) is 4.74 Å². The van der Waals surface area contributed by atoms with E-state index in [1.54, 1.807) is 7.11 Å². The topological polar surface area (TPSA) is 44.8 Å². The second-order valence-corrected chi connectivity index (χ2v) is 8.68. The van der Waals surface area contributed by atoms with Crippen LogP contribution in [-0.4, -0.2) is 45.2 Å². The third-order valence-corrected chi connectivity index (χ3v) is 6.72. The number of carbonyl (C=O) groups is 1. The molecule has 0 bridgehead atoms. The Morgan fingerprint density at radius 2 is 1.97 bits per heavy atom. The van der Waals surface area contributed by atoms with Crippen LogP contribution in [0.1, 0.15) is 18.4 Å². The number of halogens is 1. The number of carbonyl (C=O) groups excluding carboxylic acids is 1. The first kappa shape index (κ1) is 19.2. The third kappa shape index (κ3) is 3.71. The fourth-order valence-electron chi connectivity index (χ4n) is 4.79. The van der Waals surface area contributed by atoms with Crippen LogP contribution in [0.4, 0.5) is 15.8 Å². The normalized spacial score (nSPS) is 22.9. The van der Waals surface area contributed by atoms with E-state index in [1.165, 1.54) is 36.2 Å². The number of nitrogens with one attached hydrogen (secondary N) is 1. The van der Waals surface area contributed by atoms with Gasteiger partial charge in [-0.1, -0.05) is 6.07 Å². The standard InChI is InChI=1S/C24H28FN3O2/c1-30-20-9-4-17-12-21(24(29)26-14-16-2-3-16)23-15-27(10-11-28(23)22(17)13-20)19-7-5-18(25)6-8-19/h4-9,13,16,21,23H,2-3,10-12,14-15H2,1H3,(H,26,29)/t21-,23-/m0/s1. The predicted octanol–water partition coefficient (Wildman–Crippen LogP) is 3.23. The van der Waals surface area contributed by atoms with Gasteiger partial charge in [-0.15, -0.1) is 0 Å². The van der Waals surface area contributed by atoms with Crippen LogP contribution in [0.2, 0.25) is 0 Å². The van der Waals surface area contributed by atoms with Gasteiger partial charge in [0.15, 0.2) is 0 Å². The summed E-state index contributed by atoms with van der Waals surface area (Å²) in [6.45, 7) is 3.17. The summed E-state index contributed by atoms with van der Waals surface area (Å²) in [5.41, 5.74) is 3.38. The first-order valence-electron chi connectivity index (χ1n) is 10.8. The number of methoxy groups -OCH3 is 1. The molecule has 1 saturated carbocycles. The number of rotatable bonds is 5. The van der Waals surface area contributed by atoms with E-state index in [0.29, 0.717) is 5.92 Å². The van der Waals surface area contributed by atoms with Crippen molar-refractivity contribution < 1.29 is 13.9 Å². The van der Waals surface area contributed by atoms with Crippen molar-refractivity contribution in [3.05, 3.63) is 53.8 Å². The second-order valence-electron chi connectivity index (χ2n) is 8.68. The Hall–Kier alpha value is -2.76. The summed E-state index contributed by atoms with van der Waals surface area (Å²) in [5, 5.41) is 3.20. The Morgan fingerprint density at radius 1 is 1.17 bits per heavy atom. The molecule has 1 aliphatic carbocycles. The average Bonchev–Trinajstić information content (AvgIpc) is 3.61. The van der Waals surface area contributed by atoms with Crippen molar-refractivity contribution in [1.82, 2.24) is 5.32 Å².